The zero-order valence-corrected chi connectivity index (χ0v) is 16.1. The zero-order valence-electron chi connectivity index (χ0n) is 13.0. The minimum atomic E-state index is -0.497. The highest BCUT2D eigenvalue weighted by atomic mass is 79.9. The molecule has 0 aliphatic carbocycles. The summed E-state index contributed by atoms with van der Waals surface area (Å²) in [6, 6.07) is 0.357. The maximum atomic E-state index is 14.8. The van der Waals surface area contributed by atoms with Gasteiger partial charge in [0, 0.05) is 7.11 Å². The van der Waals surface area contributed by atoms with Crippen molar-refractivity contribution in [3.63, 3.8) is 0 Å². The normalized spacial score (nSPS) is 22.0. The Bertz CT molecular complexity index is 840. The number of fused-ring (bicyclic) bond motifs is 2. The first kappa shape index (κ1) is 16.6. The number of aromatic nitrogens is 2. The predicted molar refractivity (Wildman–Crippen MR) is 96.0 cm³/mol. The van der Waals surface area contributed by atoms with Crippen molar-refractivity contribution in [3.05, 3.63) is 15.3 Å². The van der Waals surface area contributed by atoms with E-state index in [9.17, 15) is 4.39 Å². The Hall–Kier alpha value is -0.830. The Morgan fingerprint density at radius 2 is 2.29 bits per heavy atom. The van der Waals surface area contributed by atoms with Crippen LogP contribution in [0.15, 0.2) is 9.63 Å². The average molecular weight is 435 g/mol. The second kappa shape index (κ2) is 6.16. The van der Waals surface area contributed by atoms with Crippen molar-refractivity contribution in [1.29, 1.82) is 0 Å². The molecular formula is C15H14BrClFN3O2S. The minimum Gasteiger partial charge on any atom is -0.489 e. The second-order valence-corrected chi connectivity index (χ2v) is 7.69. The van der Waals surface area contributed by atoms with Gasteiger partial charge in [-0.1, -0.05) is 23.4 Å². The van der Waals surface area contributed by atoms with Gasteiger partial charge in [-0.15, -0.1) is 0 Å². The number of benzene rings is 1. The van der Waals surface area contributed by atoms with Gasteiger partial charge in [0.05, 0.1) is 28.5 Å². The van der Waals surface area contributed by atoms with Crippen LogP contribution in [0.4, 0.5) is 10.2 Å². The van der Waals surface area contributed by atoms with E-state index in [0.29, 0.717) is 35.3 Å². The zero-order chi connectivity index (χ0) is 17.0. The maximum Gasteiger partial charge on any atom is 0.189 e. The summed E-state index contributed by atoms with van der Waals surface area (Å²) >= 11 is 10.9. The van der Waals surface area contributed by atoms with Crippen LogP contribution < -0.4 is 9.64 Å². The number of rotatable bonds is 3. The van der Waals surface area contributed by atoms with Crippen LogP contribution in [0.3, 0.4) is 0 Å². The molecule has 9 heteroatoms. The smallest absolute Gasteiger partial charge is 0.189 e. The van der Waals surface area contributed by atoms with E-state index in [0.717, 1.165) is 6.42 Å². The largest absolute Gasteiger partial charge is 0.489 e. The van der Waals surface area contributed by atoms with E-state index in [4.69, 9.17) is 21.1 Å². The fourth-order valence-electron chi connectivity index (χ4n) is 3.34. The third-order valence-corrected chi connectivity index (χ3v) is 6.31. The molecule has 1 saturated heterocycles. The first-order chi connectivity index (χ1) is 11.6. The molecular weight excluding hydrogens is 421 g/mol. The van der Waals surface area contributed by atoms with Crippen molar-refractivity contribution < 1.29 is 13.9 Å². The highest BCUT2D eigenvalue weighted by Crippen LogP contribution is 2.49. The quantitative estimate of drug-likeness (QED) is 0.415. The van der Waals surface area contributed by atoms with Crippen LogP contribution in [0.2, 0.25) is 5.02 Å². The van der Waals surface area contributed by atoms with E-state index in [2.05, 4.69) is 30.8 Å². The lowest BCUT2D eigenvalue weighted by Crippen LogP contribution is -2.60. The summed E-state index contributed by atoms with van der Waals surface area (Å²) in [5, 5.41) is 1.26. The van der Waals surface area contributed by atoms with E-state index in [-0.39, 0.29) is 27.1 Å². The molecule has 3 heterocycles. The molecule has 2 aromatic rings. The van der Waals surface area contributed by atoms with E-state index >= 15 is 0 Å². The molecule has 2 aliphatic heterocycles. The summed E-state index contributed by atoms with van der Waals surface area (Å²) in [5.41, 5.74) is 0.222. The summed E-state index contributed by atoms with van der Waals surface area (Å²) in [5.74, 6) is 0.611. The van der Waals surface area contributed by atoms with Gasteiger partial charge in [0.2, 0.25) is 0 Å². The first-order valence-electron chi connectivity index (χ1n) is 7.39. The van der Waals surface area contributed by atoms with E-state index < -0.39 is 5.82 Å². The molecule has 24 heavy (non-hydrogen) atoms. The number of thioether (sulfide) groups is 1. The fraction of sp³-hybridized carbons (Fsp3) is 0.467. The van der Waals surface area contributed by atoms with Crippen molar-refractivity contribution in [2.75, 3.05) is 31.5 Å². The summed E-state index contributed by atoms with van der Waals surface area (Å²) < 4.78 is 26.2. The third kappa shape index (κ3) is 2.30. The highest BCUT2D eigenvalue weighted by Gasteiger charge is 2.43. The SMILES string of the molecule is COCC1CC2COc3c(Cl)c(Br)c(F)c4nc(SC)nc(c34)N12. The van der Waals surface area contributed by atoms with Gasteiger partial charge in [-0.3, -0.25) is 0 Å². The molecule has 0 spiro atoms. The Labute approximate surface area is 156 Å². The van der Waals surface area contributed by atoms with Gasteiger partial charge in [0.1, 0.15) is 23.0 Å². The molecule has 0 radical (unpaired) electrons. The van der Waals surface area contributed by atoms with Gasteiger partial charge in [-0.25, -0.2) is 14.4 Å². The average Bonchev–Trinajstić information content (AvgIpc) is 2.69. The maximum absolute atomic E-state index is 14.8. The van der Waals surface area contributed by atoms with Gasteiger partial charge >= 0.3 is 0 Å². The Morgan fingerprint density at radius 1 is 1.50 bits per heavy atom. The Morgan fingerprint density at radius 3 is 3.00 bits per heavy atom. The molecule has 2 unspecified atom stereocenters. The van der Waals surface area contributed by atoms with Crippen molar-refractivity contribution >= 4 is 56.0 Å². The van der Waals surface area contributed by atoms with Crippen LogP contribution in [-0.4, -0.2) is 48.6 Å². The molecule has 0 bridgehead atoms. The van der Waals surface area contributed by atoms with Crippen molar-refractivity contribution in [1.82, 2.24) is 9.97 Å². The number of methoxy groups -OCH3 is 1. The van der Waals surface area contributed by atoms with Gasteiger partial charge in [0.25, 0.3) is 0 Å². The lowest BCUT2D eigenvalue weighted by Gasteiger charge is -2.48. The molecule has 0 amide bonds. The van der Waals surface area contributed by atoms with Crippen molar-refractivity contribution in [2.24, 2.45) is 0 Å². The van der Waals surface area contributed by atoms with Crippen LogP contribution >= 0.6 is 39.3 Å². The Balaban J connectivity index is 2.03. The second-order valence-electron chi connectivity index (χ2n) is 5.75. The molecule has 5 nitrogen and oxygen atoms in total. The molecule has 1 aromatic carbocycles. The summed E-state index contributed by atoms with van der Waals surface area (Å²) in [7, 11) is 1.67. The van der Waals surface area contributed by atoms with Crippen LogP contribution in [-0.2, 0) is 4.74 Å². The predicted octanol–water partition coefficient (Wildman–Crippen LogP) is 3.89. The van der Waals surface area contributed by atoms with Gasteiger partial charge in [-0.2, -0.15) is 0 Å². The van der Waals surface area contributed by atoms with Gasteiger partial charge in [0.15, 0.2) is 16.7 Å². The fourth-order valence-corrected chi connectivity index (χ4v) is 4.30. The number of nitrogens with zero attached hydrogens (tertiary/aromatic N) is 3. The molecule has 128 valence electrons. The standard InChI is InChI=1S/C15H14BrClFN3O2S/c1-22-4-6-3-7-5-23-13-8-12(11(18)9(16)10(13)17)19-15(24-2)20-14(8)21(6)7/h6-7H,3-5H2,1-2H3. The minimum absolute atomic E-state index is 0.168. The molecule has 1 aromatic heterocycles. The van der Waals surface area contributed by atoms with Crippen molar-refractivity contribution in [2.45, 2.75) is 23.7 Å². The number of anilines is 1. The molecule has 0 saturated carbocycles. The number of hydrogen-bond acceptors (Lipinski definition) is 6. The third-order valence-electron chi connectivity index (χ3n) is 4.43. The van der Waals surface area contributed by atoms with Crippen LogP contribution in [0.25, 0.3) is 10.9 Å². The first-order valence-corrected chi connectivity index (χ1v) is 9.78. The Kier molecular flexibility index (Phi) is 4.27. The number of ether oxygens (including phenoxy) is 2. The van der Waals surface area contributed by atoms with Gasteiger partial charge in [-0.05, 0) is 28.6 Å². The topological polar surface area (TPSA) is 47.5 Å². The summed E-state index contributed by atoms with van der Waals surface area (Å²) in [4.78, 5) is 11.1. The van der Waals surface area contributed by atoms with Crippen LogP contribution in [0.5, 0.6) is 5.75 Å². The highest BCUT2D eigenvalue weighted by molar-refractivity contribution is 9.10. The summed E-state index contributed by atoms with van der Waals surface area (Å²) in [6.45, 7) is 1.05. The lowest BCUT2D eigenvalue weighted by atomic mass is 9.93. The molecule has 2 aliphatic rings. The lowest BCUT2D eigenvalue weighted by molar-refractivity contribution is 0.124. The molecule has 1 fully saturated rings. The molecule has 0 N–H and O–H groups in total. The van der Waals surface area contributed by atoms with E-state index in [1.807, 2.05) is 6.26 Å². The van der Waals surface area contributed by atoms with Crippen molar-refractivity contribution in [3.8, 4) is 5.75 Å². The monoisotopic (exact) mass is 433 g/mol. The van der Waals surface area contributed by atoms with E-state index in [1.165, 1.54) is 11.8 Å². The van der Waals surface area contributed by atoms with Gasteiger partial charge < -0.3 is 14.4 Å². The summed E-state index contributed by atoms with van der Waals surface area (Å²) in [6.07, 6.45) is 2.80. The molecule has 4 rings (SSSR count). The number of halogens is 3. The van der Waals surface area contributed by atoms with Crippen LogP contribution in [0.1, 0.15) is 6.42 Å². The van der Waals surface area contributed by atoms with Crippen LogP contribution in [0, 0.1) is 5.82 Å². The molecule has 2 atom stereocenters. The van der Waals surface area contributed by atoms with E-state index in [1.54, 1.807) is 7.11 Å². The number of hydrogen-bond donors (Lipinski definition) is 0.